The zero-order valence-corrected chi connectivity index (χ0v) is 13.6. The van der Waals surface area contributed by atoms with Crippen molar-refractivity contribution in [3.05, 3.63) is 35.9 Å². The van der Waals surface area contributed by atoms with Crippen LogP contribution in [-0.2, 0) is 4.79 Å². The van der Waals surface area contributed by atoms with E-state index >= 15 is 0 Å². The molecular formula is C17H25N3O2. The smallest absolute Gasteiger partial charge is 0.251 e. The monoisotopic (exact) mass is 303 g/mol. The van der Waals surface area contributed by atoms with E-state index in [4.69, 9.17) is 0 Å². The lowest BCUT2D eigenvalue weighted by Gasteiger charge is -2.36. The fraction of sp³-hybridized carbons (Fsp3) is 0.529. The Morgan fingerprint density at radius 2 is 1.77 bits per heavy atom. The fourth-order valence-corrected chi connectivity index (χ4v) is 2.82. The van der Waals surface area contributed by atoms with Gasteiger partial charge in [-0.15, -0.1) is 0 Å². The summed E-state index contributed by atoms with van der Waals surface area (Å²) in [4.78, 5) is 28.0. The van der Waals surface area contributed by atoms with Crippen LogP contribution in [0.2, 0.25) is 0 Å². The standard InChI is InChI=1S/C17H25N3O2/c1-13(17(22)19(2)3)20-11-9-15(10-12-20)18-16(21)14-7-5-4-6-8-14/h4-8,13,15H,9-12H2,1-3H3,(H,18,21). The van der Waals surface area contributed by atoms with Crippen molar-refractivity contribution < 1.29 is 9.59 Å². The number of hydrogen-bond donors (Lipinski definition) is 1. The summed E-state index contributed by atoms with van der Waals surface area (Å²) in [5, 5.41) is 3.09. The van der Waals surface area contributed by atoms with Gasteiger partial charge in [-0.25, -0.2) is 0 Å². The minimum Gasteiger partial charge on any atom is -0.349 e. The van der Waals surface area contributed by atoms with Crippen molar-refractivity contribution in [2.45, 2.75) is 31.8 Å². The Bertz CT molecular complexity index is 508. The Hall–Kier alpha value is -1.88. The number of likely N-dealkylation sites (N-methyl/N-ethyl adjacent to an activating group) is 1. The van der Waals surface area contributed by atoms with Crippen LogP contribution in [-0.4, -0.2) is 60.9 Å². The molecule has 1 atom stereocenters. The van der Waals surface area contributed by atoms with E-state index in [1.165, 1.54) is 0 Å². The summed E-state index contributed by atoms with van der Waals surface area (Å²) >= 11 is 0. The highest BCUT2D eigenvalue weighted by Crippen LogP contribution is 2.15. The molecule has 0 bridgehead atoms. The first kappa shape index (κ1) is 16.5. The lowest BCUT2D eigenvalue weighted by Crippen LogP contribution is -2.51. The molecule has 1 N–H and O–H groups in total. The maximum Gasteiger partial charge on any atom is 0.251 e. The molecule has 2 amide bonds. The van der Waals surface area contributed by atoms with E-state index in [1.54, 1.807) is 19.0 Å². The molecule has 0 saturated carbocycles. The number of likely N-dealkylation sites (tertiary alicyclic amines) is 1. The number of benzene rings is 1. The molecule has 1 aromatic carbocycles. The van der Waals surface area contributed by atoms with Gasteiger partial charge in [-0.2, -0.15) is 0 Å². The number of nitrogens with one attached hydrogen (secondary N) is 1. The first-order valence-electron chi connectivity index (χ1n) is 7.80. The molecule has 22 heavy (non-hydrogen) atoms. The summed E-state index contributed by atoms with van der Waals surface area (Å²) in [5.74, 6) is 0.114. The van der Waals surface area contributed by atoms with Crippen LogP contribution in [0.3, 0.4) is 0 Å². The number of rotatable bonds is 4. The second kappa shape index (κ2) is 7.40. The van der Waals surface area contributed by atoms with Gasteiger partial charge < -0.3 is 10.2 Å². The highest BCUT2D eigenvalue weighted by Gasteiger charge is 2.28. The molecule has 1 aliphatic rings. The summed E-state index contributed by atoms with van der Waals surface area (Å²) in [6, 6.07) is 9.37. The highest BCUT2D eigenvalue weighted by molar-refractivity contribution is 5.94. The molecule has 1 unspecified atom stereocenters. The van der Waals surface area contributed by atoms with E-state index in [2.05, 4.69) is 10.2 Å². The summed E-state index contributed by atoms with van der Waals surface area (Å²) in [6.45, 7) is 3.62. The van der Waals surface area contributed by atoms with Crippen molar-refractivity contribution in [3.63, 3.8) is 0 Å². The summed E-state index contributed by atoms with van der Waals surface area (Å²) in [7, 11) is 3.57. The maximum absolute atomic E-state index is 12.1. The van der Waals surface area contributed by atoms with Crippen LogP contribution in [0.1, 0.15) is 30.1 Å². The zero-order chi connectivity index (χ0) is 16.1. The molecule has 0 spiro atoms. The van der Waals surface area contributed by atoms with E-state index in [0.717, 1.165) is 25.9 Å². The van der Waals surface area contributed by atoms with Crippen molar-refractivity contribution in [1.29, 1.82) is 0 Å². The van der Waals surface area contributed by atoms with Crippen molar-refractivity contribution in [2.75, 3.05) is 27.2 Å². The number of piperidine rings is 1. The molecule has 5 nitrogen and oxygen atoms in total. The first-order valence-corrected chi connectivity index (χ1v) is 7.80. The van der Waals surface area contributed by atoms with Gasteiger partial charge in [-0.1, -0.05) is 18.2 Å². The number of carbonyl (C=O) groups is 2. The van der Waals surface area contributed by atoms with Crippen LogP contribution in [0, 0.1) is 0 Å². The van der Waals surface area contributed by atoms with Crippen molar-refractivity contribution >= 4 is 11.8 Å². The summed E-state index contributed by atoms with van der Waals surface area (Å²) < 4.78 is 0. The maximum atomic E-state index is 12.1. The average molecular weight is 303 g/mol. The summed E-state index contributed by atoms with van der Waals surface area (Å²) in [6.07, 6.45) is 1.76. The SMILES string of the molecule is CC(C(=O)N(C)C)N1CCC(NC(=O)c2ccccc2)CC1. The van der Waals surface area contributed by atoms with E-state index in [-0.39, 0.29) is 23.9 Å². The van der Waals surface area contributed by atoms with Crippen LogP contribution >= 0.6 is 0 Å². The second-order valence-corrected chi connectivity index (χ2v) is 6.06. The Morgan fingerprint density at radius 1 is 1.18 bits per heavy atom. The molecule has 1 aliphatic heterocycles. The Labute approximate surface area is 132 Å². The lowest BCUT2D eigenvalue weighted by atomic mass is 10.0. The number of carbonyl (C=O) groups excluding carboxylic acids is 2. The number of hydrogen-bond acceptors (Lipinski definition) is 3. The minimum atomic E-state index is -0.0965. The predicted molar refractivity (Wildman–Crippen MR) is 86.7 cm³/mol. The van der Waals surface area contributed by atoms with E-state index < -0.39 is 0 Å². The third kappa shape index (κ3) is 4.07. The molecule has 1 saturated heterocycles. The van der Waals surface area contributed by atoms with Crippen molar-refractivity contribution in [3.8, 4) is 0 Å². The Morgan fingerprint density at radius 3 is 2.32 bits per heavy atom. The quantitative estimate of drug-likeness (QED) is 0.914. The largest absolute Gasteiger partial charge is 0.349 e. The van der Waals surface area contributed by atoms with E-state index in [1.807, 2.05) is 37.3 Å². The zero-order valence-electron chi connectivity index (χ0n) is 13.6. The molecule has 5 heteroatoms. The number of amides is 2. The van der Waals surface area contributed by atoms with Gasteiger partial charge in [0.25, 0.3) is 5.91 Å². The van der Waals surface area contributed by atoms with Gasteiger partial charge >= 0.3 is 0 Å². The molecule has 0 radical (unpaired) electrons. The average Bonchev–Trinajstić information content (AvgIpc) is 2.55. The Balaban J connectivity index is 1.82. The van der Waals surface area contributed by atoms with Crippen molar-refractivity contribution in [2.24, 2.45) is 0 Å². The number of nitrogens with zero attached hydrogens (tertiary/aromatic N) is 2. The minimum absolute atomic E-state index is 0.0172. The van der Waals surface area contributed by atoms with Crippen molar-refractivity contribution in [1.82, 2.24) is 15.1 Å². The van der Waals surface area contributed by atoms with Gasteiger partial charge in [0.2, 0.25) is 5.91 Å². The van der Waals surface area contributed by atoms with E-state index in [9.17, 15) is 9.59 Å². The van der Waals surface area contributed by atoms with Crippen LogP contribution in [0.25, 0.3) is 0 Å². The molecule has 1 fully saturated rings. The third-order valence-corrected chi connectivity index (χ3v) is 4.25. The topological polar surface area (TPSA) is 52.7 Å². The van der Waals surface area contributed by atoms with Gasteiger partial charge in [0.15, 0.2) is 0 Å². The molecule has 2 rings (SSSR count). The predicted octanol–water partition coefficient (Wildman–Crippen LogP) is 1.36. The lowest BCUT2D eigenvalue weighted by molar-refractivity contribution is -0.134. The molecule has 0 aromatic heterocycles. The van der Waals surface area contributed by atoms with Crippen LogP contribution in [0.15, 0.2) is 30.3 Å². The molecule has 0 aliphatic carbocycles. The third-order valence-electron chi connectivity index (χ3n) is 4.25. The van der Waals surface area contributed by atoms with Gasteiger partial charge in [0.05, 0.1) is 6.04 Å². The van der Waals surface area contributed by atoms with Gasteiger partial charge in [-0.3, -0.25) is 14.5 Å². The van der Waals surface area contributed by atoms with Crippen LogP contribution in [0.5, 0.6) is 0 Å². The normalized spacial score (nSPS) is 17.8. The molecular weight excluding hydrogens is 278 g/mol. The Kier molecular flexibility index (Phi) is 5.55. The van der Waals surface area contributed by atoms with Gasteiger partial charge in [0, 0.05) is 38.8 Å². The molecule has 1 heterocycles. The van der Waals surface area contributed by atoms with Gasteiger partial charge in [-0.05, 0) is 31.9 Å². The molecule has 120 valence electrons. The highest BCUT2D eigenvalue weighted by atomic mass is 16.2. The van der Waals surface area contributed by atoms with Crippen LogP contribution < -0.4 is 5.32 Å². The summed E-state index contributed by atoms with van der Waals surface area (Å²) in [5.41, 5.74) is 0.695. The van der Waals surface area contributed by atoms with E-state index in [0.29, 0.717) is 5.56 Å². The fourth-order valence-electron chi connectivity index (χ4n) is 2.82. The first-order chi connectivity index (χ1) is 10.5. The van der Waals surface area contributed by atoms with Crippen LogP contribution in [0.4, 0.5) is 0 Å². The molecule has 1 aromatic rings. The second-order valence-electron chi connectivity index (χ2n) is 6.06. The van der Waals surface area contributed by atoms with Gasteiger partial charge in [0.1, 0.15) is 0 Å².